The number of carboxylic acids is 1. The molecule has 0 spiro atoms. The van der Waals surface area contributed by atoms with Gasteiger partial charge in [0.2, 0.25) is 94.5 Å². The molecule has 53 heteroatoms. The second-order valence-electron chi connectivity index (χ2n) is 35.6. The molecule has 2 aromatic rings. The Labute approximate surface area is 829 Å². The van der Waals surface area contributed by atoms with Crippen molar-refractivity contribution in [3.05, 3.63) is 59.7 Å². The summed E-state index contributed by atoms with van der Waals surface area (Å²) in [5, 5.41) is 110. The Balaban J connectivity index is 2.00. The van der Waals surface area contributed by atoms with Gasteiger partial charge in [-0.3, -0.25) is 87.5 Å². The average Bonchev–Trinajstić information content (AvgIpc) is 1.68. The molecule has 790 valence electrons. The van der Waals surface area contributed by atoms with Crippen LogP contribution in [0.25, 0.3) is 0 Å². The lowest BCUT2D eigenvalue weighted by molar-refractivity contribution is -0.142. The number of aromatic hydroxyl groups is 2. The van der Waals surface area contributed by atoms with Crippen molar-refractivity contribution >= 4 is 144 Å². The first kappa shape index (κ1) is 122. The van der Waals surface area contributed by atoms with Gasteiger partial charge in [0.25, 0.3) is 0 Å². The number of β-amino-alcohol motifs (C(OH)–C–C–N with tert-alkyl or cyclic N) is 1. The van der Waals surface area contributed by atoms with Gasteiger partial charge in [-0.1, -0.05) is 78.6 Å². The van der Waals surface area contributed by atoms with Gasteiger partial charge >= 0.3 is 12.0 Å². The number of nitrogens with one attached hydrogen (secondary N) is 19. The van der Waals surface area contributed by atoms with Gasteiger partial charge in [0.05, 0.1) is 24.7 Å². The van der Waals surface area contributed by atoms with Gasteiger partial charge in [-0.25, -0.2) is 9.59 Å². The molecular weight excluding hydrogens is 1880 g/mol. The van der Waals surface area contributed by atoms with E-state index in [9.17, 15) is 107 Å². The number of hydrogen-bond donors (Lipinski definition) is 34. The lowest BCUT2D eigenvalue weighted by Crippen LogP contribution is -2.64. The van der Waals surface area contributed by atoms with Crippen LogP contribution in [0.2, 0.25) is 0 Å². The topological polar surface area (TPSA) is 872 Å². The monoisotopic (exact) mass is 2030 g/mol. The number of aliphatic hydroxyl groups excluding tert-OH is 2. The summed E-state index contributed by atoms with van der Waals surface area (Å²) >= 11 is 8.92. The van der Waals surface area contributed by atoms with Crippen LogP contribution in [0.4, 0.5) is 4.79 Å². The van der Waals surface area contributed by atoms with Crippen LogP contribution < -0.4 is 136 Å². The number of nitrogens with zero attached hydrogens (tertiary/aromatic N) is 1. The van der Waals surface area contributed by atoms with E-state index in [1.165, 1.54) is 67.3 Å². The van der Waals surface area contributed by atoms with Gasteiger partial charge in [0, 0.05) is 55.9 Å². The lowest BCUT2D eigenvalue weighted by Gasteiger charge is -2.33. The van der Waals surface area contributed by atoms with E-state index >= 15 is 4.79 Å². The quantitative estimate of drug-likeness (QED) is 0.0127. The Bertz CT molecular complexity index is 4540. The number of carbonyl (C=O) groups excluding carboxylic acids is 17. The summed E-state index contributed by atoms with van der Waals surface area (Å²) in [7, 11) is 0. The Hall–Kier alpha value is -12.7. The highest BCUT2D eigenvalue weighted by Crippen LogP contribution is 2.25. The van der Waals surface area contributed by atoms with Crippen molar-refractivity contribution in [2.75, 3.05) is 51.6 Å². The number of benzene rings is 2. The van der Waals surface area contributed by atoms with Gasteiger partial charge in [0.1, 0.15) is 102 Å². The summed E-state index contributed by atoms with van der Waals surface area (Å²) in [6.45, 7) is 13.0. The molecule has 20 atom stereocenters. The highest BCUT2D eigenvalue weighted by molar-refractivity contribution is 7.81. The number of carbonyl (C=O) groups is 18. The van der Waals surface area contributed by atoms with Crippen molar-refractivity contribution in [2.45, 2.75) is 285 Å². The van der Waals surface area contributed by atoms with Crippen molar-refractivity contribution in [2.24, 2.45) is 63.6 Å². The predicted molar refractivity (Wildman–Crippen MR) is 524 cm³/mol. The van der Waals surface area contributed by atoms with E-state index in [4.69, 9.17) is 56.7 Å². The first-order valence-corrected chi connectivity index (χ1v) is 47.7. The Kier molecular flexibility index (Phi) is 53.7. The van der Waals surface area contributed by atoms with Crippen molar-refractivity contribution in [1.82, 2.24) is 95.3 Å². The largest absolute Gasteiger partial charge is 0.508 e. The number of hydrogen-bond acceptors (Lipinski definition) is 30. The zero-order chi connectivity index (χ0) is 106. The highest BCUT2D eigenvalue weighted by atomic mass is 32.1. The summed E-state index contributed by atoms with van der Waals surface area (Å²) < 4.78 is -1.63. The van der Waals surface area contributed by atoms with Gasteiger partial charge in [0.15, 0.2) is 11.9 Å². The lowest BCUT2D eigenvalue weighted by atomic mass is 9.94. The van der Waals surface area contributed by atoms with Crippen molar-refractivity contribution < 1.29 is 112 Å². The molecule has 1 aliphatic heterocycles. The number of phenols is 2. The van der Waals surface area contributed by atoms with E-state index in [0.717, 1.165) is 6.92 Å². The highest BCUT2D eigenvalue weighted by Gasteiger charge is 2.46. The maximum Gasteiger partial charge on any atom is 0.326 e. The number of carboxylic acid groups (broad SMARTS) is 1. The normalized spacial score (nSPS) is 16.7. The molecule has 0 aliphatic carbocycles. The SMILES string of the molecule is CC[C@H](C)[C@H](NC(=O)[C@@H](NC(=O)[C@@H]1C[C@@H](O)CN1C(=O)[C@@H](N)C(C)C)[C@@H](C)CC)C(=O)N[C@@H](Cc1ccc(O)cc1)C(=O)N[C@H](C(=O)N[C@@H](CC(N)=O)C(=O)N[C@@H](CCCNC(=N)N)C(=O)N[C@@H](CCCNC(N)=O)C(=O)N[C@H](C(=O)N[C@H](CCN)C(=O)N[C@@H](CCCCN)C(=O)N[C@@H](CS)C(=O)N[C@@H](CCN)C(=O)N[C@@H](CCCNC(=N)N)C(=O)N[C@@H](Cc1ccc(O)cc1)C(=O)O)[C@@H](C)O)C(C)(C)S. The standard InChI is InChI=1S/C88H148N28O23S2/c1-10-44(5)65(113-80(133)66(45(6)11-2)112-78(131)62-39-51(120)41-116(62)83(136)64(93)43(3)4)79(132)108-58(37-47-21-25-49(118)26-22-47)76(129)115-68(88(8,9)141)82(135)109-59(40-63(92)121)75(128)105-53(18-14-34-99-85(94)95)69(122)104-55(20-16-36-101-87(98)139)74(127)114-67(46(7)117)81(134)107-57(30-33-91)73(126)102-52(17-12-13-31-89)71(124)111-61(42-140)77(130)106-56(29-32-90)72(125)103-54(19-15-35-100-86(96)97)70(123)110-60(84(137)138)38-48-23-27-50(119)28-24-48/h21-28,43-46,51-62,64-68,117-120,140-141H,10-20,29-42,89-91,93H2,1-9H3,(H2,92,121)(H,102,126)(H,103,125)(H,104,122)(H,105,128)(H,106,130)(H,107,134)(H,108,132)(H,109,135)(H,110,123)(H,111,124)(H,112,131)(H,113,133)(H,114,127)(H,115,129)(H,137,138)(H4,94,95,99)(H4,96,97,100)(H3,98,101,139)/t44-,45-,46+,51+,52-,53-,54-,55-,56-,57+,58-,59-,60-,61-,62-,64-,65-,66-,67-,68+/m0/s1. The van der Waals surface area contributed by atoms with E-state index in [1.807, 2.05) is 0 Å². The van der Waals surface area contributed by atoms with Crippen LogP contribution in [0.5, 0.6) is 11.5 Å². The number of urea groups is 1. The number of phenolic OH excluding ortho intramolecular Hbond substituents is 2. The Morgan fingerprint density at radius 1 is 0.447 bits per heavy atom. The van der Waals surface area contributed by atoms with Gasteiger partial charge in [-0.05, 0) is 164 Å². The number of likely N-dealkylation sites (tertiary alicyclic amines) is 1. The summed E-state index contributed by atoms with van der Waals surface area (Å²) in [5.41, 5.74) is 46.6. The summed E-state index contributed by atoms with van der Waals surface area (Å²) in [6, 6.07) is -15.5. The number of aliphatic carboxylic acids is 1. The molecule has 40 N–H and O–H groups in total. The molecule has 51 nitrogen and oxygen atoms in total. The molecule has 1 aliphatic rings. The average molecular weight is 2030 g/mol. The van der Waals surface area contributed by atoms with Crippen molar-refractivity contribution in [3.63, 3.8) is 0 Å². The molecule has 0 bridgehead atoms. The first-order valence-electron chi connectivity index (χ1n) is 46.6. The maximum atomic E-state index is 15.0. The minimum Gasteiger partial charge on any atom is -0.508 e. The summed E-state index contributed by atoms with van der Waals surface area (Å²) in [5.74, 6) is -21.3. The van der Waals surface area contributed by atoms with Crippen LogP contribution in [0.1, 0.15) is 170 Å². The van der Waals surface area contributed by atoms with Crippen molar-refractivity contribution in [3.8, 4) is 11.5 Å². The van der Waals surface area contributed by atoms with E-state index in [2.05, 4.69) is 116 Å². The van der Waals surface area contributed by atoms with Gasteiger partial charge in [-0.15, -0.1) is 0 Å². The molecule has 1 fully saturated rings. The molecule has 2 aromatic carbocycles. The number of rotatable bonds is 64. The molecular formula is C88H148N28O23S2. The second kappa shape index (κ2) is 61.8. The fourth-order valence-corrected chi connectivity index (χ4v) is 15.0. The molecule has 0 saturated carbocycles. The smallest absolute Gasteiger partial charge is 0.326 e. The van der Waals surface area contributed by atoms with Crippen LogP contribution in [0.15, 0.2) is 48.5 Å². The third kappa shape index (κ3) is 43.1. The van der Waals surface area contributed by atoms with Crippen LogP contribution in [0.3, 0.4) is 0 Å². The number of guanidine groups is 2. The molecule has 141 heavy (non-hydrogen) atoms. The van der Waals surface area contributed by atoms with Gasteiger partial charge < -0.3 is 167 Å². The molecule has 0 radical (unpaired) electrons. The van der Waals surface area contributed by atoms with Gasteiger partial charge in [-0.2, -0.15) is 25.3 Å². The molecule has 1 heterocycles. The Morgan fingerprint density at radius 2 is 0.794 bits per heavy atom. The van der Waals surface area contributed by atoms with E-state index < -0.39 is 269 Å². The third-order valence-electron chi connectivity index (χ3n) is 23.2. The Morgan fingerprint density at radius 3 is 1.18 bits per heavy atom. The van der Waals surface area contributed by atoms with Crippen LogP contribution in [-0.2, 0) is 94.3 Å². The predicted octanol–water partition coefficient (Wildman–Crippen LogP) is -8.51. The van der Waals surface area contributed by atoms with E-state index in [-0.39, 0.29) is 140 Å². The number of amides is 18. The fraction of sp³-hybridized carbons (Fsp3) is 0.636. The maximum absolute atomic E-state index is 15.0. The second-order valence-corrected chi connectivity index (χ2v) is 37.1. The number of thiol groups is 2. The number of primary amides is 2. The zero-order valence-electron chi connectivity index (χ0n) is 81.0. The zero-order valence-corrected chi connectivity index (χ0v) is 82.8. The molecule has 0 aromatic heterocycles. The molecule has 18 amide bonds. The van der Waals surface area contributed by atoms with Crippen LogP contribution >= 0.6 is 25.3 Å². The third-order valence-corrected chi connectivity index (χ3v) is 23.8. The summed E-state index contributed by atoms with van der Waals surface area (Å²) in [6.07, 6.45) is -5.66. The van der Waals surface area contributed by atoms with E-state index in [1.54, 1.807) is 41.5 Å². The minimum absolute atomic E-state index is 0.0350. The molecule has 1 saturated heterocycles. The first-order chi connectivity index (χ1) is 66.3. The van der Waals surface area contributed by atoms with E-state index in [0.29, 0.717) is 24.0 Å². The summed E-state index contributed by atoms with van der Waals surface area (Å²) in [4.78, 5) is 255. The molecule has 0 unspecified atom stereocenters. The van der Waals surface area contributed by atoms with Crippen LogP contribution in [-0.4, -0.2) is 314 Å². The molecule has 3 rings (SSSR count). The van der Waals surface area contributed by atoms with Crippen molar-refractivity contribution in [1.29, 1.82) is 10.8 Å². The number of unbranched alkanes of at least 4 members (excludes halogenated alkanes) is 1. The number of aliphatic hydroxyl groups is 2. The van der Waals surface area contributed by atoms with Crippen LogP contribution in [0, 0.1) is 28.6 Å². The fourth-order valence-electron chi connectivity index (χ4n) is 14.6. The minimum atomic E-state index is -2.02. The number of nitrogens with two attached hydrogens (primary N) is 8.